The van der Waals surface area contributed by atoms with Crippen molar-refractivity contribution in [3.8, 4) is 22.8 Å². The maximum absolute atomic E-state index is 11.8. The van der Waals surface area contributed by atoms with Crippen LogP contribution in [0, 0.1) is 0 Å². The monoisotopic (exact) mass is 492 g/mol. The number of nitrogen functional groups attached to an aromatic ring is 1. The minimum absolute atomic E-state index is 0.0845. The van der Waals surface area contributed by atoms with Crippen LogP contribution in [0.2, 0.25) is 0 Å². The maximum atomic E-state index is 11.8. The summed E-state index contributed by atoms with van der Waals surface area (Å²) < 4.78 is 33.8. The highest BCUT2D eigenvalue weighted by Gasteiger charge is 2.22. The molecule has 0 saturated carbocycles. The first-order valence-electron chi connectivity index (χ1n) is 11.4. The Morgan fingerprint density at radius 3 is 2.49 bits per heavy atom. The summed E-state index contributed by atoms with van der Waals surface area (Å²) in [4.78, 5) is 8.64. The van der Waals surface area contributed by atoms with E-state index in [9.17, 15) is 8.42 Å². The zero-order chi connectivity index (χ0) is 24.8. The van der Waals surface area contributed by atoms with Crippen molar-refractivity contribution >= 4 is 26.9 Å². The van der Waals surface area contributed by atoms with E-state index >= 15 is 0 Å². The molecule has 0 bridgehead atoms. The van der Waals surface area contributed by atoms with Crippen LogP contribution in [0.5, 0.6) is 11.5 Å². The molecule has 0 spiro atoms. The average molecular weight is 493 g/mol. The number of hydrogen-bond acceptors (Lipinski definition) is 7. The van der Waals surface area contributed by atoms with Gasteiger partial charge in [0.05, 0.1) is 11.4 Å². The first-order chi connectivity index (χ1) is 16.9. The van der Waals surface area contributed by atoms with E-state index in [4.69, 9.17) is 15.6 Å². The third kappa shape index (κ3) is 5.67. The fraction of sp³-hybridized carbons (Fsp3) is 0.240. The second kappa shape index (κ2) is 10.7. The lowest BCUT2D eigenvalue weighted by atomic mass is 10.1. The molecule has 0 radical (unpaired) electrons. The van der Waals surface area contributed by atoms with Gasteiger partial charge in [0, 0.05) is 17.5 Å². The molecule has 1 atom stereocenters. The van der Waals surface area contributed by atoms with Gasteiger partial charge in [0.15, 0.2) is 5.65 Å². The van der Waals surface area contributed by atoms with Crippen LogP contribution in [0.1, 0.15) is 32.2 Å². The number of anilines is 1. The van der Waals surface area contributed by atoms with Crippen LogP contribution in [0.4, 0.5) is 5.82 Å². The van der Waals surface area contributed by atoms with Crippen LogP contribution < -0.4 is 15.2 Å². The SMILES string of the molecule is C=CS(=O)(=O)NCCC(CCC)n1nc(-c2ccc(Oc3ccccc3)cc2)c2c(N)ncnc21. The van der Waals surface area contributed by atoms with E-state index in [1.54, 1.807) is 0 Å². The number of nitrogens with zero attached hydrogens (tertiary/aromatic N) is 4. The Labute approximate surface area is 204 Å². The zero-order valence-electron chi connectivity index (χ0n) is 19.5. The van der Waals surface area contributed by atoms with Crippen LogP contribution in [0.25, 0.3) is 22.3 Å². The smallest absolute Gasteiger partial charge is 0.233 e. The first-order valence-corrected chi connectivity index (χ1v) is 12.9. The third-order valence-electron chi connectivity index (χ3n) is 5.59. The number of nitrogens with one attached hydrogen (secondary N) is 1. The summed E-state index contributed by atoms with van der Waals surface area (Å²) >= 11 is 0. The minimum atomic E-state index is -3.50. The molecule has 0 saturated heterocycles. The van der Waals surface area contributed by atoms with E-state index in [2.05, 4.69) is 28.2 Å². The highest BCUT2D eigenvalue weighted by molar-refractivity contribution is 7.92. The number of nitrogens with two attached hydrogens (primary N) is 1. The molecule has 0 amide bonds. The minimum Gasteiger partial charge on any atom is -0.457 e. The molecule has 9 nitrogen and oxygen atoms in total. The van der Waals surface area contributed by atoms with Crippen molar-refractivity contribution in [3.63, 3.8) is 0 Å². The summed E-state index contributed by atoms with van der Waals surface area (Å²) in [6, 6.07) is 17.1. The molecule has 182 valence electrons. The van der Waals surface area contributed by atoms with Crippen LogP contribution in [-0.2, 0) is 10.0 Å². The lowest BCUT2D eigenvalue weighted by Gasteiger charge is -2.17. The Hall–Kier alpha value is -3.76. The van der Waals surface area contributed by atoms with Gasteiger partial charge in [0.2, 0.25) is 10.0 Å². The molecular weight excluding hydrogens is 464 g/mol. The summed E-state index contributed by atoms with van der Waals surface area (Å²) in [6.07, 6.45) is 3.63. The summed E-state index contributed by atoms with van der Waals surface area (Å²) in [7, 11) is -3.50. The predicted octanol–water partition coefficient (Wildman–Crippen LogP) is 4.66. The van der Waals surface area contributed by atoms with Crippen LogP contribution >= 0.6 is 0 Å². The Balaban J connectivity index is 1.67. The standard InChI is InChI=1S/C25H28N6O3S/c1-3-8-19(15-16-29-35(32,33)4-2)31-25-22(24(26)27-17-28-25)23(30-31)18-11-13-21(14-12-18)34-20-9-6-5-7-10-20/h4-7,9-14,17,19,29H,2-3,8,15-16H2,1H3,(H2,26,27,28). The van der Waals surface area contributed by atoms with E-state index < -0.39 is 10.0 Å². The molecule has 4 rings (SSSR count). The number of hydrogen-bond donors (Lipinski definition) is 2. The van der Waals surface area contributed by atoms with Crippen LogP contribution in [0.15, 0.2) is 72.9 Å². The number of sulfonamides is 1. The number of benzene rings is 2. The quantitative estimate of drug-likeness (QED) is 0.312. The van der Waals surface area contributed by atoms with Gasteiger partial charge in [-0.25, -0.2) is 27.8 Å². The van der Waals surface area contributed by atoms with Gasteiger partial charge in [-0.3, -0.25) is 0 Å². The van der Waals surface area contributed by atoms with Gasteiger partial charge in [0.25, 0.3) is 0 Å². The van der Waals surface area contributed by atoms with E-state index in [0.717, 1.165) is 29.6 Å². The first kappa shape index (κ1) is 24.4. The maximum Gasteiger partial charge on any atom is 0.233 e. The molecule has 0 aliphatic rings. The molecule has 0 aliphatic carbocycles. The van der Waals surface area contributed by atoms with E-state index in [1.807, 2.05) is 59.3 Å². The Kier molecular flexibility index (Phi) is 7.42. The average Bonchev–Trinajstić information content (AvgIpc) is 3.25. The summed E-state index contributed by atoms with van der Waals surface area (Å²) in [5, 5.41) is 6.45. The number of fused-ring (bicyclic) bond motifs is 1. The van der Waals surface area contributed by atoms with Crippen molar-refractivity contribution < 1.29 is 13.2 Å². The third-order valence-corrected chi connectivity index (χ3v) is 6.64. The zero-order valence-corrected chi connectivity index (χ0v) is 20.3. The van der Waals surface area contributed by atoms with E-state index in [0.29, 0.717) is 34.7 Å². The summed E-state index contributed by atoms with van der Waals surface area (Å²) in [5.74, 6) is 1.79. The number of para-hydroxylation sites is 1. The Morgan fingerprint density at radius 2 is 1.80 bits per heavy atom. The summed E-state index contributed by atoms with van der Waals surface area (Å²) in [5.41, 5.74) is 8.38. The largest absolute Gasteiger partial charge is 0.457 e. The topological polar surface area (TPSA) is 125 Å². The van der Waals surface area contributed by atoms with Crippen molar-refractivity contribution in [2.75, 3.05) is 12.3 Å². The molecule has 10 heteroatoms. The second-order valence-corrected chi connectivity index (χ2v) is 9.74. The molecule has 2 heterocycles. The van der Waals surface area contributed by atoms with Crippen LogP contribution in [-0.4, -0.2) is 34.7 Å². The van der Waals surface area contributed by atoms with Crippen molar-refractivity contribution in [1.82, 2.24) is 24.5 Å². The fourth-order valence-electron chi connectivity index (χ4n) is 3.91. The van der Waals surface area contributed by atoms with Gasteiger partial charge in [-0.05, 0) is 49.2 Å². The molecule has 3 N–H and O–H groups in total. The van der Waals surface area contributed by atoms with Crippen molar-refractivity contribution in [3.05, 3.63) is 72.9 Å². The van der Waals surface area contributed by atoms with Crippen LogP contribution in [0.3, 0.4) is 0 Å². The summed E-state index contributed by atoms with van der Waals surface area (Å²) in [6.45, 7) is 5.66. The molecule has 35 heavy (non-hydrogen) atoms. The fourth-order valence-corrected chi connectivity index (χ4v) is 4.43. The van der Waals surface area contributed by atoms with Gasteiger partial charge in [-0.15, -0.1) is 0 Å². The van der Waals surface area contributed by atoms with Gasteiger partial charge < -0.3 is 10.5 Å². The second-order valence-electron chi connectivity index (χ2n) is 8.03. The lowest BCUT2D eigenvalue weighted by molar-refractivity contribution is 0.404. The van der Waals surface area contributed by atoms with Gasteiger partial charge in [-0.1, -0.05) is 38.1 Å². The number of ether oxygens (including phenoxy) is 1. The Bertz CT molecular complexity index is 1400. The van der Waals surface area contributed by atoms with Crippen molar-refractivity contribution in [2.45, 2.75) is 32.2 Å². The number of aromatic nitrogens is 4. The molecule has 0 aliphatic heterocycles. The van der Waals surface area contributed by atoms with Gasteiger partial charge in [0.1, 0.15) is 29.3 Å². The molecule has 1 unspecified atom stereocenters. The van der Waals surface area contributed by atoms with E-state index in [-0.39, 0.29) is 12.6 Å². The highest BCUT2D eigenvalue weighted by atomic mass is 32.2. The highest BCUT2D eigenvalue weighted by Crippen LogP contribution is 2.34. The lowest BCUT2D eigenvalue weighted by Crippen LogP contribution is -2.25. The van der Waals surface area contributed by atoms with Crippen molar-refractivity contribution in [1.29, 1.82) is 0 Å². The molecule has 2 aromatic heterocycles. The number of rotatable bonds is 11. The van der Waals surface area contributed by atoms with Gasteiger partial charge >= 0.3 is 0 Å². The molecule has 2 aromatic carbocycles. The molecular formula is C25H28N6O3S. The van der Waals surface area contributed by atoms with Gasteiger partial charge in [-0.2, -0.15) is 5.10 Å². The van der Waals surface area contributed by atoms with E-state index in [1.165, 1.54) is 6.33 Å². The van der Waals surface area contributed by atoms with Crippen molar-refractivity contribution in [2.24, 2.45) is 0 Å². The predicted molar refractivity (Wildman–Crippen MR) is 137 cm³/mol. The molecule has 0 fully saturated rings. The molecule has 4 aromatic rings. The Morgan fingerprint density at radius 1 is 1.09 bits per heavy atom. The normalized spacial score (nSPS) is 12.5.